The molecule has 0 aliphatic rings. The van der Waals surface area contributed by atoms with Crippen molar-refractivity contribution in [2.45, 2.75) is 0 Å². The molecular weight excluding hydrogens is 440 g/mol. The SMILES string of the molecule is COc1cc(Nc2nc(-n3nnc4ccccc43)ncc2Br)cc(OC)c1OC. The molecular formula is C19H17BrN6O3. The number of nitrogens with zero attached hydrogens (tertiary/aromatic N) is 5. The molecule has 148 valence electrons. The largest absolute Gasteiger partial charge is 0.493 e. The molecule has 2 aromatic carbocycles. The molecule has 0 spiro atoms. The number of nitrogens with one attached hydrogen (secondary N) is 1. The standard InChI is InChI=1S/C19H17BrN6O3/c1-27-15-8-11(9-16(28-2)17(15)29-3)22-18-12(20)10-21-19(23-18)26-14-7-5-4-6-13(14)24-25-26/h4-10H,1-3H3,(H,21,22,23). The van der Waals surface area contributed by atoms with Crippen LogP contribution in [0.3, 0.4) is 0 Å². The third-order valence-electron chi connectivity index (χ3n) is 4.20. The highest BCUT2D eigenvalue weighted by Crippen LogP contribution is 2.41. The van der Waals surface area contributed by atoms with E-state index in [-0.39, 0.29) is 0 Å². The van der Waals surface area contributed by atoms with Gasteiger partial charge < -0.3 is 19.5 Å². The zero-order chi connectivity index (χ0) is 20.4. The summed E-state index contributed by atoms with van der Waals surface area (Å²) in [6, 6.07) is 11.2. The van der Waals surface area contributed by atoms with E-state index >= 15 is 0 Å². The van der Waals surface area contributed by atoms with Gasteiger partial charge in [-0.15, -0.1) is 5.10 Å². The Kier molecular flexibility index (Phi) is 5.17. The number of halogens is 1. The van der Waals surface area contributed by atoms with E-state index in [0.717, 1.165) is 11.0 Å². The first-order chi connectivity index (χ1) is 14.1. The maximum Gasteiger partial charge on any atom is 0.254 e. The van der Waals surface area contributed by atoms with Crippen molar-refractivity contribution in [2.24, 2.45) is 0 Å². The minimum atomic E-state index is 0.386. The van der Waals surface area contributed by atoms with Crippen LogP contribution in [-0.2, 0) is 0 Å². The second-order valence-corrected chi connectivity index (χ2v) is 6.75. The Bertz CT molecular complexity index is 1150. The van der Waals surface area contributed by atoms with Crippen LogP contribution in [-0.4, -0.2) is 46.3 Å². The first-order valence-electron chi connectivity index (χ1n) is 8.55. The van der Waals surface area contributed by atoms with Crippen LogP contribution in [0.15, 0.2) is 47.1 Å². The summed E-state index contributed by atoms with van der Waals surface area (Å²) in [4.78, 5) is 8.95. The van der Waals surface area contributed by atoms with Gasteiger partial charge in [0.1, 0.15) is 11.3 Å². The van der Waals surface area contributed by atoms with Gasteiger partial charge >= 0.3 is 0 Å². The summed E-state index contributed by atoms with van der Waals surface area (Å²) in [7, 11) is 4.69. The van der Waals surface area contributed by atoms with Gasteiger partial charge in [-0.1, -0.05) is 17.3 Å². The Balaban J connectivity index is 1.74. The Morgan fingerprint density at radius 1 is 1.00 bits per heavy atom. The predicted molar refractivity (Wildman–Crippen MR) is 112 cm³/mol. The lowest BCUT2D eigenvalue weighted by Crippen LogP contribution is -2.06. The molecule has 0 aliphatic heterocycles. The summed E-state index contributed by atoms with van der Waals surface area (Å²) >= 11 is 3.48. The lowest BCUT2D eigenvalue weighted by atomic mass is 10.2. The normalized spacial score (nSPS) is 10.8. The Labute approximate surface area is 174 Å². The van der Waals surface area contributed by atoms with E-state index in [9.17, 15) is 0 Å². The van der Waals surface area contributed by atoms with Crippen molar-refractivity contribution >= 4 is 38.5 Å². The number of hydrogen-bond donors (Lipinski definition) is 1. The van der Waals surface area contributed by atoms with Crippen LogP contribution >= 0.6 is 15.9 Å². The Hall–Kier alpha value is -3.40. The Morgan fingerprint density at radius 3 is 2.41 bits per heavy atom. The highest BCUT2D eigenvalue weighted by atomic mass is 79.9. The van der Waals surface area contributed by atoms with E-state index in [1.165, 1.54) is 0 Å². The molecule has 0 fully saturated rings. The quantitative estimate of drug-likeness (QED) is 0.468. The monoisotopic (exact) mass is 456 g/mol. The van der Waals surface area contributed by atoms with E-state index in [2.05, 4.69) is 41.5 Å². The van der Waals surface area contributed by atoms with Crippen molar-refractivity contribution in [1.29, 1.82) is 0 Å². The van der Waals surface area contributed by atoms with Crippen molar-refractivity contribution in [2.75, 3.05) is 26.6 Å². The lowest BCUT2D eigenvalue weighted by Gasteiger charge is -2.15. The predicted octanol–water partition coefficient (Wildman–Crippen LogP) is 3.74. The van der Waals surface area contributed by atoms with Crippen LogP contribution < -0.4 is 19.5 Å². The van der Waals surface area contributed by atoms with Crippen molar-refractivity contribution in [3.8, 4) is 23.2 Å². The van der Waals surface area contributed by atoms with Crippen molar-refractivity contribution < 1.29 is 14.2 Å². The number of methoxy groups -OCH3 is 3. The number of benzene rings is 2. The summed E-state index contributed by atoms with van der Waals surface area (Å²) in [6.07, 6.45) is 1.65. The first kappa shape index (κ1) is 18.9. The van der Waals surface area contributed by atoms with E-state index in [0.29, 0.717) is 39.2 Å². The highest BCUT2D eigenvalue weighted by Gasteiger charge is 2.16. The molecule has 0 radical (unpaired) electrons. The van der Waals surface area contributed by atoms with Gasteiger partial charge in [-0.05, 0) is 28.1 Å². The minimum absolute atomic E-state index is 0.386. The number of hydrogen-bond acceptors (Lipinski definition) is 8. The first-order valence-corrected chi connectivity index (χ1v) is 9.34. The van der Waals surface area contributed by atoms with Crippen LogP contribution in [0.25, 0.3) is 17.0 Å². The molecule has 0 amide bonds. The summed E-state index contributed by atoms with van der Waals surface area (Å²) in [5.41, 5.74) is 2.28. The molecule has 0 saturated carbocycles. The van der Waals surface area contributed by atoms with Crippen molar-refractivity contribution in [3.05, 3.63) is 47.1 Å². The summed E-state index contributed by atoms with van der Waals surface area (Å²) in [6.45, 7) is 0. The van der Waals surface area contributed by atoms with Crippen LogP contribution in [0.4, 0.5) is 11.5 Å². The molecule has 9 nitrogen and oxygen atoms in total. The van der Waals surface area contributed by atoms with Crippen LogP contribution in [0, 0.1) is 0 Å². The molecule has 1 N–H and O–H groups in total. The van der Waals surface area contributed by atoms with Crippen LogP contribution in [0.1, 0.15) is 0 Å². The number of para-hydroxylation sites is 1. The minimum Gasteiger partial charge on any atom is -0.493 e. The molecule has 29 heavy (non-hydrogen) atoms. The summed E-state index contributed by atoms with van der Waals surface area (Å²) < 4.78 is 18.4. The second-order valence-electron chi connectivity index (χ2n) is 5.90. The third-order valence-corrected chi connectivity index (χ3v) is 4.78. The number of fused-ring (bicyclic) bond motifs is 1. The number of ether oxygens (including phenoxy) is 3. The average molecular weight is 457 g/mol. The maximum absolute atomic E-state index is 5.41. The van der Waals surface area contributed by atoms with Crippen molar-refractivity contribution in [1.82, 2.24) is 25.0 Å². The lowest BCUT2D eigenvalue weighted by molar-refractivity contribution is 0.324. The van der Waals surface area contributed by atoms with Gasteiger partial charge in [0.15, 0.2) is 11.5 Å². The van der Waals surface area contributed by atoms with Gasteiger partial charge in [0, 0.05) is 24.0 Å². The maximum atomic E-state index is 5.41. The zero-order valence-corrected chi connectivity index (χ0v) is 17.5. The number of anilines is 2. The van der Waals surface area contributed by atoms with Crippen molar-refractivity contribution in [3.63, 3.8) is 0 Å². The van der Waals surface area contributed by atoms with Gasteiger partial charge in [-0.2, -0.15) is 9.67 Å². The second kappa shape index (κ2) is 7.92. The molecule has 0 saturated heterocycles. The van der Waals surface area contributed by atoms with Gasteiger partial charge in [0.05, 0.1) is 31.3 Å². The molecule has 2 heterocycles. The fraction of sp³-hybridized carbons (Fsp3) is 0.158. The fourth-order valence-electron chi connectivity index (χ4n) is 2.85. The van der Waals surface area contributed by atoms with Gasteiger partial charge in [0.2, 0.25) is 5.75 Å². The molecule has 0 atom stereocenters. The number of rotatable bonds is 6. The van der Waals surface area contributed by atoms with E-state index in [4.69, 9.17) is 14.2 Å². The van der Waals surface area contributed by atoms with Gasteiger partial charge in [0.25, 0.3) is 5.95 Å². The third kappa shape index (κ3) is 3.54. The molecule has 4 rings (SSSR count). The zero-order valence-electron chi connectivity index (χ0n) is 15.9. The summed E-state index contributed by atoms with van der Waals surface area (Å²) in [5, 5.41) is 11.6. The van der Waals surface area contributed by atoms with E-state index < -0.39 is 0 Å². The average Bonchev–Trinajstić information content (AvgIpc) is 3.18. The molecule has 10 heteroatoms. The van der Waals surface area contributed by atoms with Crippen LogP contribution in [0.5, 0.6) is 17.2 Å². The van der Waals surface area contributed by atoms with Gasteiger partial charge in [-0.3, -0.25) is 0 Å². The molecule has 4 aromatic rings. The Morgan fingerprint density at radius 2 is 1.72 bits per heavy atom. The molecule has 0 aliphatic carbocycles. The summed E-state index contributed by atoms with van der Waals surface area (Å²) in [5.74, 6) is 2.50. The molecule has 2 aromatic heterocycles. The number of aromatic nitrogens is 5. The van der Waals surface area contributed by atoms with E-state index in [1.807, 2.05) is 24.3 Å². The smallest absolute Gasteiger partial charge is 0.254 e. The highest BCUT2D eigenvalue weighted by molar-refractivity contribution is 9.10. The van der Waals surface area contributed by atoms with Crippen LogP contribution in [0.2, 0.25) is 0 Å². The molecule has 0 bridgehead atoms. The van der Waals surface area contributed by atoms with Gasteiger partial charge in [-0.25, -0.2) is 4.98 Å². The molecule has 0 unspecified atom stereocenters. The topological polar surface area (TPSA) is 96.2 Å². The fourth-order valence-corrected chi connectivity index (χ4v) is 3.14. The van der Waals surface area contributed by atoms with E-state index in [1.54, 1.807) is 44.3 Å².